The van der Waals surface area contributed by atoms with Crippen molar-refractivity contribution in [2.45, 2.75) is 32.5 Å². The van der Waals surface area contributed by atoms with E-state index in [1.807, 2.05) is 36.4 Å². The average Bonchev–Trinajstić information content (AvgIpc) is 3.36. The Bertz CT molecular complexity index is 1480. The summed E-state index contributed by atoms with van der Waals surface area (Å²) in [6.45, 7) is 4.87. The van der Waals surface area contributed by atoms with Crippen LogP contribution in [0.3, 0.4) is 0 Å². The molecule has 2 N–H and O–H groups in total. The van der Waals surface area contributed by atoms with Gasteiger partial charge < -0.3 is 15.2 Å². The van der Waals surface area contributed by atoms with Crippen molar-refractivity contribution in [1.82, 2.24) is 14.8 Å². The fourth-order valence-electron chi connectivity index (χ4n) is 4.18. The van der Waals surface area contributed by atoms with E-state index in [1.54, 1.807) is 6.21 Å². The van der Waals surface area contributed by atoms with E-state index < -0.39 is 6.36 Å². The second-order valence-corrected chi connectivity index (χ2v) is 10.1. The molecule has 0 saturated heterocycles. The molecule has 4 rings (SSSR count). The van der Waals surface area contributed by atoms with Gasteiger partial charge in [0.25, 0.3) is 0 Å². The minimum atomic E-state index is -4.78. The predicted molar refractivity (Wildman–Crippen MR) is 158 cm³/mol. The highest BCUT2D eigenvalue weighted by Gasteiger charge is 2.31. The molecule has 0 bridgehead atoms. The second-order valence-electron chi connectivity index (χ2n) is 9.52. The predicted octanol–water partition coefficient (Wildman–Crippen LogP) is 6.39. The summed E-state index contributed by atoms with van der Waals surface area (Å²) < 4.78 is 42.9. The van der Waals surface area contributed by atoms with Crippen LogP contribution < -0.4 is 10.1 Å². The van der Waals surface area contributed by atoms with Crippen LogP contribution in [0, 0.1) is 0 Å². The maximum atomic E-state index is 12.5. The zero-order chi connectivity index (χ0) is 29.4. The molecular weight excluding hydrogens is 551 g/mol. The fraction of sp³-hybridized carbons (Fsp3) is 0.267. The van der Waals surface area contributed by atoms with Crippen molar-refractivity contribution >= 4 is 29.2 Å². The first-order valence-corrected chi connectivity index (χ1v) is 13.4. The molecule has 0 aliphatic rings. The number of ether oxygens (including phenoxy) is 1. The van der Waals surface area contributed by atoms with E-state index in [0.717, 1.165) is 16.0 Å². The smallest absolute Gasteiger partial charge is 0.406 e. The van der Waals surface area contributed by atoms with E-state index in [9.17, 15) is 18.3 Å². The summed E-state index contributed by atoms with van der Waals surface area (Å²) in [5.74, 6) is 0.813. The Labute approximate surface area is 241 Å². The molecular formula is C30H30F3N5O2S. The van der Waals surface area contributed by atoms with E-state index in [1.165, 1.54) is 40.1 Å². The number of hydrogen-bond donors (Lipinski definition) is 2. The topological polar surface area (TPSA) is 84.6 Å². The lowest BCUT2D eigenvalue weighted by Crippen LogP contribution is -2.17. The lowest BCUT2D eigenvalue weighted by molar-refractivity contribution is -0.274. The number of alkyl halides is 3. The molecule has 4 aromatic rings. The van der Waals surface area contributed by atoms with E-state index in [2.05, 4.69) is 51.1 Å². The first kappa shape index (κ1) is 29.9. The molecule has 0 atom stereocenters. The molecule has 214 valence electrons. The van der Waals surface area contributed by atoms with E-state index in [4.69, 9.17) is 12.2 Å². The van der Waals surface area contributed by atoms with Crippen LogP contribution in [-0.2, 0) is 6.42 Å². The van der Waals surface area contributed by atoms with Crippen LogP contribution in [0.1, 0.15) is 36.5 Å². The third kappa shape index (κ3) is 8.45. The van der Waals surface area contributed by atoms with Crippen molar-refractivity contribution in [3.63, 3.8) is 0 Å². The molecule has 41 heavy (non-hydrogen) atoms. The Hall–Kier alpha value is -4.09. The maximum absolute atomic E-state index is 12.5. The van der Waals surface area contributed by atoms with Gasteiger partial charge in [0.15, 0.2) is 5.82 Å². The molecule has 11 heteroatoms. The molecule has 0 aliphatic heterocycles. The fourth-order valence-corrected chi connectivity index (χ4v) is 4.41. The van der Waals surface area contributed by atoms with Gasteiger partial charge in [-0.3, -0.25) is 4.99 Å². The van der Waals surface area contributed by atoms with Crippen LogP contribution in [0.2, 0.25) is 0 Å². The standard InChI is InChI=1S/C30H30F3N5O2S/c1-20(2)27-6-4-3-5-23(27)17-26(41)19-34-18-21-7-9-22(10-8-21)28-36-29(35-15-16-39)38(37-28)24-11-13-25(14-12-24)40-30(31,32)33/h3-14,18,20,39H,15-17,19H2,1-2H3,(H,35,36,37). The number of aromatic nitrogens is 3. The molecule has 0 amide bonds. The van der Waals surface area contributed by atoms with Gasteiger partial charge in [-0.25, -0.2) is 0 Å². The molecule has 7 nitrogen and oxygen atoms in total. The average molecular weight is 582 g/mol. The van der Waals surface area contributed by atoms with Crippen molar-refractivity contribution in [3.8, 4) is 22.8 Å². The molecule has 0 fully saturated rings. The number of aliphatic imine (C=N–C) groups is 1. The SMILES string of the molecule is CC(C)c1ccccc1CC(=S)CN=Cc1ccc(-c2nc(NCCO)n(-c3ccc(OC(F)(F)F)cc3)n2)cc1. The molecule has 0 spiro atoms. The normalized spacial score (nSPS) is 11.8. The van der Waals surface area contributed by atoms with Gasteiger partial charge in [-0.2, -0.15) is 9.67 Å². The van der Waals surface area contributed by atoms with Gasteiger partial charge in [0.1, 0.15) is 5.75 Å². The first-order chi connectivity index (χ1) is 19.6. The Morgan fingerprint density at radius 3 is 2.44 bits per heavy atom. The Kier molecular flexibility index (Phi) is 9.85. The molecule has 0 aliphatic carbocycles. The van der Waals surface area contributed by atoms with Crippen LogP contribution in [0.25, 0.3) is 17.1 Å². The maximum Gasteiger partial charge on any atom is 0.573 e. The minimum Gasteiger partial charge on any atom is -0.406 e. The van der Waals surface area contributed by atoms with Crippen molar-refractivity contribution in [3.05, 3.63) is 89.5 Å². The lowest BCUT2D eigenvalue weighted by Gasteiger charge is -2.12. The van der Waals surface area contributed by atoms with Gasteiger partial charge in [0, 0.05) is 29.6 Å². The third-order valence-electron chi connectivity index (χ3n) is 6.06. The zero-order valence-electron chi connectivity index (χ0n) is 22.6. The number of aliphatic hydroxyl groups is 1. The molecule has 0 radical (unpaired) electrons. The zero-order valence-corrected chi connectivity index (χ0v) is 23.4. The summed E-state index contributed by atoms with van der Waals surface area (Å²) in [7, 11) is 0. The number of nitrogens with zero attached hydrogens (tertiary/aromatic N) is 4. The van der Waals surface area contributed by atoms with Gasteiger partial charge >= 0.3 is 6.36 Å². The van der Waals surface area contributed by atoms with Crippen LogP contribution in [0.15, 0.2) is 77.8 Å². The van der Waals surface area contributed by atoms with Gasteiger partial charge in [-0.15, -0.1) is 18.3 Å². The lowest BCUT2D eigenvalue weighted by atomic mass is 9.94. The van der Waals surface area contributed by atoms with Crippen LogP contribution >= 0.6 is 12.2 Å². The molecule has 0 saturated carbocycles. The number of thiocarbonyl (C=S) groups is 1. The summed E-state index contributed by atoms with van der Waals surface area (Å²) >= 11 is 5.59. The van der Waals surface area contributed by atoms with E-state index in [0.29, 0.717) is 36.3 Å². The summed E-state index contributed by atoms with van der Waals surface area (Å²) in [6.07, 6.45) is -2.30. The summed E-state index contributed by atoms with van der Waals surface area (Å²) in [5.41, 5.74) is 4.61. The highest BCUT2D eigenvalue weighted by Crippen LogP contribution is 2.26. The van der Waals surface area contributed by atoms with Crippen LogP contribution in [0.5, 0.6) is 5.75 Å². The minimum absolute atomic E-state index is 0.137. The van der Waals surface area contributed by atoms with E-state index in [-0.39, 0.29) is 18.9 Å². The first-order valence-electron chi connectivity index (χ1n) is 13.0. The number of halogens is 3. The van der Waals surface area contributed by atoms with Gasteiger partial charge in [-0.1, -0.05) is 74.6 Å². The van der Waals surface area contributed by atoms with Crippen molar-refractivity contribution < 1.29 is 23.0 Å². The molecule has 0 unspecified atom stereocenters. The van der Waals surface area contributed by atoms with Gasteiger partial charge in [-0.05, 0) is 46.9 Å². The number of hydrogen-bond acceptors (Lipinski definition) is 7. The highest BCUT2D eigenvalue weighted by molar-refractivity contribution is 7.80. The van der Waals surface area contributed by atoms with Crippen LogP contribution in [0.4, 0.5) is 19.1 Å². The van der Waals surface area contributed by atoms with Gasteiger partial charge in [0.2, 0.25) is 5.95 Å². The van der Waals surface area contributed by atoms with Crippen molar-refractivity contribution in [2.24, 2.45) is 4.99 Å². The van der Waals surface area contributed by atoms with Crippen molar-refractivity contribution in [1.29, 1.82) is 0 Å². The summed E-state index contributed by atoms with van der Waals surface area (Å²) in [4.78, 5) is 9.90. The van der Waals surface area contributed by atoms with E-state index >= 15 is 0 Å². The highest BCUT2D eigenvalue weighted by atomic mass is 32.1. The van der Waals surface area contributed by atoms with Gasteiger partial charge in [0.05, 0.1) is 18.8 Å². The number of nitrogens with one attached hydrogen (secondary N) is 1. The molecule has 1 heterocycles. The van der Waals surface area contributed by atoms with Crippen LogP contribution in [-0.4, -0.2) is 57.0 Å². The number of rotatable bonds is 12. The third-order valence-corrected chi connectivity index (χ3v) is 6.33. The Morgan fingerprint density at radius 1 is 1.07 bits per heavy atom. The monoisotopic (exact) mass is 581 g/mol. The quantitative estimate of drug-likeness (QED) is 0.149. The molecule has 3 aromatic carbocycles. The summed E-state index contributed by atoms with van der Waals surface area (Å²) in [6, 6.07) is 21.1. The largest absolute Gasteiger partial charge is 0.573 e. The van der Waals surface area contributed by atoms with Crippen molar-refractivity contribution in [2.75, 3.05) is 25.0 Å². The molecule has 1 aromatic heterocycles. The number of aliphatic hydroxyl groups excluding tert-OH is 1. The Morgan fingerprint density at radius 2 is 1.78 bits per heavy atom. The second kappa shape index (κ2) is 13.5. The Balaban J connectivity index is 1.44. The summed E-state index contributed by atoms with van der Waals surface area (Å²) in [5, 5.41) is 16.7. The number of anilines is 1. The number of benzene rings is 3.